The fourth-order valence-corrected chi connectivity index (χ4v) is 4.73. The van der Waals surface area contributed by atoms with Gasteiger partial charge in [0.15, 0.2) is 22.4 Å². The van der Waals surface area contributed by atoms with Gasteiger partial charge in [0.1, 0.15) is 18.2 Å². The second kappa shape index (κ2) is 8.53. The van der Waals surface area contributed by atoms with Crippen LogP contribution >= 0.6 is 12.2 Å². The van der Waals surface area contributed by atoms with Crippen LogP contribution < -0.4 is 20.1 Å². The molecule has 6 rings (SSSR count). The number of anilines is 1. The van der Waals surface area contributed by atoms with Crippen LogP contribution in [0.2, 0.25) is 0 Å². The van der Waals surface area contributed by atoms with Crippen LogP contribution in [0.25, 0.3) is 11.4 Å². The number of rotatable bonds is 4. The van der Waals surface area contributed by atoms with Gasteiger partial charge in [-0.25, -0.2) is 4.68 Å². The number of fused-ring (bicyclic) bond motifs is 2. The Kier molecular flexibility index (Phi) is 5.21. The Morgan fingerprint density at radius 3 is 2.88 bits per heavy atom. The van der Waals surface area contributed by atoms with E-state index in [2.05, 4.69) is 32.2 Å². The molecule has 0 saturated carbocycles. The van der Waals surface area contributed by atoms with E-state index < -0.39 is 0 Å². The molecule has 3 aromatic rings. The van der Waals surface area contributed by atoms with E-state index in [4.69, 9.17) is 36.4 Å². The van der Waals surface area contributed by atoms with Crippen molar-refractivity contribution in [3.63, 3.8) is 0 Å². The maximum absolute atomic E-state index is 9.08. The molecule has 12 heteroatoms. The van der Waals surface area contributed by atoms with Crippen molar-refractivity contribution in [2.24, 2.45) is 0 Å². The van der Waals surface area contributed by atoms with Crippen molar-refractivity contribution in [2.45, 2.75) is 24.3 Å². The fourth-order valence-electron chi connectivity index (χ4n) is 4.46. The first kappa shape index (κ1) is 20.8. The summed E-state index contributed by atoms with van der Waals surface area (Å²) in [6.45, 7) is 1.03. The molecule has 0 unspecified atom stereocenters. The van der Waals surface area contributed by atoms with E-state index in [1.165, 1.54) is 0 Å². The SMILES string of the molecule is N#Cc1cccc(NC(=S)N[C@@H]2CO[C@@H]3[C@@H]2OC[C@@H]3n2nnnc2-c2ccc3c(c2)OCO3)c1. The molecule has 2 aromatic carbocycles. The van der Waals surface area contributed by atoms with Gasteiger partial charge in [0.05, 0.1) is 30.9 Å². The first-order valence-electron chi connectivity index (χ1n) is 10.7. The highest BCUT2D eigenvalue weighted by atomic mass is 32.1. The van der Waals surface area contributed by atoms with E-state index in [1.54, 1.807) is 22.9 Å². The summed E-state index contributed by atoms with van der Waals surface area (Å²) in [5.41, 5.74) is 2.10. The van der Waals surface area contributed by atoms with Gasteiger partial charge in [-0.3, -0.25) is 0 Å². The molecule has 34 heavy (non-hydrogen) atoms. The number of nitrogens with zero attached hydrogens (tertiary/aromatic N) is 5. The zero-order valence-electron chi connectivity index (χ0n) is 17.7. The number of benzene rings is 2. The number of thiocarbonyl (C=S) groups is 1. The van der Waals surface area contributed by atoms with Crippen LogP contribution in [0.15, 0.2) is 42.5 Å². The van der Waals surface area contributed by atoms with Gasteiger partial charge in [0.25, 0.3) is 0 Å². The molecule has 11 nitrogen and oxygen atoms in total. The number of tetrazole rings is 1. The molecule has 0 radical (unpaired) electrons. The lowest BCUT2D eigenvalue weighted by Crippen LogP contribution is -2.45. The summed E-state index contributed by atoms with van der Waals surface area (Å²) < 4.78 is 24.8. The highest BCUT2D eigenvalue weighted by molar-refractivity contribution is 7.80. The third-order valence-electron chi connectivity index (χ3n) is 6.03. The number of aromatic nitrogens is 4. The molecule has 0 spiro atoms. The lowest BCUT2D eigenvalue weighted by Gasteiger charge is -2.20. The molecule has 2 saturated heterocycles. The molecule has 4 heterocycles. The summed E-state index contributed by atoms with van der Waals surface area (Å²) in [5.74, 6) is 1.96. The number of hydrogen-bond donors (Lipinski definition) is 2. The predicted octanol–water partition coefficient (Wildman–Crippen LogP) is 1.63. The van der Waals surface area contributed by atoms with Crippen molar-refractivity contribution < 1.29 is 18.9 Å². The molecule has 3 aliphatic rings. The van der Waals surface area contributed by atoms with E-state index in [9.17, 15) is 0 Å². The molecular formula is C22H19N7O4S. The van der Waals surface area contributed by atoms with Crippen LogP contribution in [0.3, 0.4) is 0 Å². The molecule has 1 aromatic heterocycles. The Morgan fingerprint density at radius 1 is 1.09 bits per heavy atom. The van der Waals surface area contributed by atoms with Crippen LogP contribution in [0.4, 0.5) is 5.69 Å². The summed E-state index contributed by atoms with van der Waals surface area (Å²) >= 11 is 5.47. The summed E-state index contributed by atoms with van der Waals surface area (Å²) in [5, 5.41) is 28.2. The van der Waals surface area contributed by atoms with Gasteiger partial charge in [-0.15, -0.1) is 5.10 Å². The Bertz CT molecular complexity index is 1290. The monoisotopic (exact) mass is 477 g/mol. The van der Waals surface area contributed by atoms with E-state index in [0.29, 0.717) is 41.2 Å². The number of nitriles is 1. The third-order valence-corrected chi connectivity index (χ3v) is 6.25. The summed E-state index contributed by atoms with van der Waals surface area (Å²) in [4.78, 5) is 0. The minimum absolute atomic E-state index is 0.139. The number of nitrogens with one attached hydrogen (secondary N) is 2. The van der Waals surface area contributed by atoms with E-state index in [-0.39, 0.29) is 31.1 Å². The fraction of sp³-hybridized carbons (Fsp3) is 0.318. The van der Waals surface area contributed by atoms with Crippen molar-refractivity contribution in [1.29, 1.82) is 5.26 Å². The summed E-state index contributed by atoms with van der Waals surface area (Å²) in [6, 6.07) is 14.5. The van der Waals surface area contributed by atoms with Crippen molar-refractivity contribution in [3.05, 3.63) is 48.0 Å². The standard InChI is InChI=1S/C22H19N7O4S/c23-8-12-2-1-3-14(6-12)24-22(34)25-15-9-30-20-16(10-31-19(15)20)29-21(26-27-28-29)13-4-5-17-18(7-13)33-11-32-17/h1-7,15-16,19-20H,9-11H2,(H2,24,25,34)/t15-,16+,19-,20+/m1/s1. The number of hydrogen-bond acceptors (Lipinski definition) is 9. The van der Waals surface area contributed by atoms with Gasteiger partial charge in [0.2, 0.25) is 6.79 Å². The molecule has 2 N–H and O–H groups in total. The van der Waals surface area contributed by atoms with Crippen molar-refractivity contribution in [3.8, 4) is 29.0 Å². The van der Waals surface area contributed by atoms with Gasteiger partial charge in [-0.05, 0) is 59.0 Å². The average Bonchev–Trinajstić information content (AvgIpc) is 3.63. The first-order chi connectivity index (χ1) is 16.7. The van der Waals surface area contributed by atoms with E-state index in [1.807, 2.05) is 24.3 Å². The molecule has 0 bridgehead atoms. The summed E-state index contributed by atoms with van der Waals surface area (Å²) in [7, 11) is 0. The van der Waals surface area contributed by atoms with Gasteiger partial charge < -0.3 is 29.6 Å². The van der Waals surface area contributed by atoms with Crippen molar-refractivity contribution in [2.75, 3.05) is 25.3 Å². The van der Waals surface area contributed by atoms with Crippen LogP contribution in [-0.2, 0) is 9.47 Å². The maximum atomic E-state index is 9.08. The van der Waals surface area contributed by atoms with Crippen LogP contribution in [-0.4, -0.2) is 63.6 Å². The van der Waals surface area contributed by atoms with Crippen LogP contribution in [0.5, 0.6) is 11.5 Å². The summed E-state index contributed by atoms with van der Waals surface area (Å²) in [6.07, 6.45) is -0.456. The lowest BCUT2D eigenvalue weighted by molar-refractivity contribution is 0.0626. The zero-order chi connectivity index (χ0) is 23.1. The van der Waals surface area contributed by atoms with Gasteiger partial charge in [-0.1, -0.05) is 6.07 Å². The second-order valence-corrected chi connectivity index (χ2v) is 8.48. The minimum Gasteiger partial charge on any atom is -0.454 e. The molecule has 172 valence electrons. The first-order valence-corrected chi connectivity index (χ1v) is 11.1. The smallest absolute Gasteiger partial charge is 0.231 e. The lowest BCUT2D eigenvalue weighted by atomic mass is 10.1. The zero-order valence-corrected chi connectivity index (χ0v) is 18.6. The van der Waals surface area contributed by atoms with Gasteiger partial charge >= 0.3 is 0 Å². The maximum Gasteiger partial charge on any atom is 0.231 e. The van der Waals surface area contributed by atoms with Crippen molar-refractivity contribution in [1.82, 2.24) is 25.5 Å². The largest absolute Gasteiger partial charge is 0.454 e. The average molecular weight is 478 g/mol. The Hall–Kier alpha value is -3.79. The van der Waals surface area contributed by atoms with Crippen LogP contribution in [0.1, 0.15) is 11.6 Å². The second-order valence-electron chi connectivity index (χ2n) is 8.08. The molecule has 3 aliphatic heterocycles. The molecule has 0 aliphatic carbocycles. The van der Waals surface area contributed by atoms with Gasteiger partial charge in [0, 0.05) is 11.3 Å². The van der Waals surface area contributed by atoms with Crippen LogP contribution in [0, 0.1) is 11.3 Å². The molecule has 2 fully saturated rings. The molecule has 4 atom stereocenters. The highest BCUT2D eigenvalue weighted by Crippen LogP contribution is 2.38. The Labute approximate surface area is 199 Å². The Morgan fingerprint density at radius 2 is 1.97 bits per heavy atom. The minimum atomic E-state index is -0.238. The highest BCUT2D eigenvalue weighted by Gasteiger charge is 2.49. The van der Waals surface area contributed by atoms with Gasteiger partial charge in [-0.2, -0.15) is 5.26 Å². The molecular weight excluding hydrogens is 458 g/mol. The van der Waals surface area contributed by atoms with Crippen molar-refractivity contribution >= 4 is 23.0 Å². The molecule has 0 amide bonds. The normalized spacial score (nSPS) is 24.4. The van der Waals surface area contributed by atoms with E-state index in [0.717, 1.165) is 11.3 Å². The number of ether oxygens (including phenoxy) is 4. The Balaban J connectivity index is 1.15. The predicted molar refractivity (Wildman–Crippen MR) is 122 cm³/mol. The quantitative estimate of drug-likeness (QED) is 0.532. The third kappa shape index (κ3) is 3.69. The topological polar surface area (TPSA) is 128 Å². The van der Waals surface area contributed by atoms with E-state index >= 15 is 0 Å².